The summed E-state index contributed by atoms with van der Waals surface area (Å²) in [6, 6.07) is 11.6. The second kappa shape index (κ2) is 7.21. The van der Waals surface area contributed by atoms with Gasteiger partial charge in [-0.1, -0.05) is 6.07 Å². The summed E-state index contributed by atoms with van der Waals surface area (Å²) in [6.45, 7) is 0.467. The smallest absolute Gasteiger partial charge is 0.319 e. The third-order valence-electron chi connectivity index (χ3n) is 3.98. The Morgan fingerprint density at radius 1 is 1.24 bits per heavy atom. The number of hydrogen-bond acceptors (Lipinski definition) is 3. The van der Waals surface area contributed by atoms with Gasteiger partial charge in [-0.2, -0.15) is 0 Å². The Balaban J connectivity index is 1.60. The molecule has 6 nitrogen and oxygen atoms in total. The fraction of sp³-hybridized carbons (Fsp3) is 0.222. The van der Waals surface area contributed by atoms with Crippen LogP contribution in [0.2, 0.25) is 0 Å². The summed E-state index contributed by atoms with van der Waals surface area (Å²) in [5.41, 5.74) is 1.18. The molecule has 1 fully saturated rings. The fourth-order valence-electron chi connectivity index (χ4n) is 2.72. The number of carbonyl (C=O) groups excluding carboxylic acids is 2. The van der Waals surface area contributed by atoms with Crippen molar-refractivity contribution in [3.05, 3.63) is 54.3 Å². The number of rotatable bonds is 4. The number of halogens is 1. The molecule has 2 aromatic rings. The van der Waals surface area contributed by atoms with Gasteiger partial charge in [0, 0.05) is 24.0 Å². The molecule has 0 aliphatic carbocycles. The highest BCUT2D eigenvalue weighted by molar-refractivity contribution is 6.02. The molecule has 0 radical (unpaired) electrons. The van der Waals surface area contributed by atoms with E-state index in [0.717, 1.165) is 0 Å². The monoisotopic (exact) mass is 343 g/mol. The van der Waals surface area contributed by atoms with Crippen LogP contribution >= 0.6 is 0 Å². The van der Waals surface area contributed by atoms with E-state index < -0.39 is 12.1 Å². The van der Waals surface area contributed by atoms with Gasteiger partial charge in [0.1, 0.15) is 17.6 Å². The molecule has 3 amide bonds. The third-order valence-corrected chi connectivity index (χ3v) is 3.98. The first-order valence-corrected chi connectivity index (χ1v) is 7.85. The Morgan fingerprint density at radius 2 is 2.00 bits per heavy atom. The molecule has 2 aromatic carbocycles. The molecule has 3 rings (SSSR count). The minimum Gasteiger partial charge on any atom is -0.497 e. The summed E-state index contributed by atoms with van der Waals surface area (Å²) in [7, 11) is 1.54. The number of benzene rings is 2. The first-order valence-electron chi connectivity index (χ1n) is 7.85. The van der Waals surface area contributed by atoms with Crippen molar-refractivity contribution in [2.24, 2.45) is 0 Å². The molecular weight excluding hydrogens is 325 g/mol. The van der Waals surface area contributed by atoms with E-state index in [1.807, 2.05) is 0 Å². The zero-order valence-corrected chi connectivity index (χ0v) is 13.7. The van der Waals surface area contributed by atoms with Gasteiger partial charge >= 0.3 is 6.03 Å². The Bertz CT molecular complexity index is 779. The predicted molar refractivity (Wildman–Crippen MR) is 92.3 cm³/mol. The summed E-state index contributed by atoms with van der Waals surface area (Å²) < 4.78 is 18.1. The second-order valence-electron chi connectivity index (χ2n) is 5.64. The number of hydrogen-bond donors (Lipinski definition) is 2. The summed E-state index contributed by atoms with van der Waals surface area (Å²) in [4.78, 5) is 26.1. The SMILES string of the molecule is COc1cccc(NC(=O)N[C@H]2CCN(c3ccc(F)cc3)C2=O)c1. The van der Waals surface area contributed by atoms with Crippen LogP contribution in [0.15, 0.2) is 48.5 Å². The van der Waals surface area contributed by atoms with Gasteiger partial charge in [0.15, 0.2) is 0 Å². The van der Waals surface area contributed by atoms with E-state index in [-0.39, 0.29) is 11.7 Å². The van der Waals surface area contributed by atoms with E-state index in [4.69, 9.17) is 4.74 Å². The standard InChI is InChI=1S/C18H18FN3O3/c1-25-15-4-2-3-13(11-15)20-18(24)21-16-9-10-22(17(16)23)14-7-5-12(19)6-8-14/h2-8,11,16H,9-10H2,1H3,(H2,20,21,24)/t16-/m0/s1. The van der Waals surface area contributed by atoms with Crippen molar-refractivity contribution in [3.8, 4) is 5.75 Å². The lowest BCUT2D eigenvalue weighted by molar-refractivity contribution is -0.118. The summed E-state index contributed by atoms with van der Waals surface area (Å²) >= 11 is 0. The van der Waals surface area contributed by atoms with Crippen LogP contribution in [-0.4, -0.2) is 31.6 Å². The maximum Gasteiger partial charge on any atom is 0.319 e. The number of amides is 3. The molecule has 2 N–H and O–H groups in total. The van der Waals surface area contributed by atoms with E-state index in [1.165, 1.54) is 17.0 Å². The lowest BCUT2D eigenvalue weighted by Gasteiger charge is -2.17. The van der Waals surface area contributed by atoms with Crippen molar-refractivity contribution in [3.63, 3.8) is 0 Å². The van der Waals surface area contributed by atoms with Gasteiger partial charge in [-0.3, -0.25) is 4.79 Å². The largest absolute Gasteiger partial charge is 0.497 e. The van der Waals surface area contributed by atoms with Crippen molar-refractivity contribution >= 4 is 23.3 Å². The van der Waals surface area contributed by atoms with Crippen LogP contribution in [0.25, 0.3) is 0 Å². The van der Waals surface area contributed by atoms with Gasteiger partial charge in [0.2, 0.25) is 5.91 Å². The van der Waals surface area contributed by atoms with Gasteiger partial charge < -0.3 is 20.3 Å². The molecule has 0 saturated carbocycles. The molecule has 7 heteroatoms. The minimum absolute atomic E-state index is 0.215. The molecular formula is C18H18FN3O3. The van der Waals surface area contributed by atoms with Gasteiger partial charge in [-0.25, -0.2) is 9.18 Å². The van der Waals surface area contributed by atoms with Crippen LogP contribution in [-0.2, 0) is 4.79 Å². The second-order valence-corrected chi connectivity index (χ2v) is 5.64. The first kappa shape index (κ1) is 16.8. The highest BCUT2D eigenvalue weighted by Gasteiger charge is 2.33. The molecule has 1 aliphatic rings. The van der Waals surface area contributed by atoms with E-state index in [0.29, 0.717) is 30.1 Å². The van der Waals surface area contributed by atoms with Crippen LogP contribution in [0.3, 0.4) is 0 Å². The molecule has 1 heterocycles. The maximum atomic E-state index is 13.0. The van der Waals surface area contributed by atoms with Gasteiger partial charge in [0.25, 0.3) is 0 Å². The Kier molecular flexibility index (Phi) is 4.83. The van der Waals surface area contributed by atoms with Crippen LogP contribution in [0.4, 0.5) is 20.6 Å². The average Bonchev–Trinajstić information content (AvgIpc) is 2.96. The zero-order chi connectivity index (χ0) is 17.8. The number of nitrogens with zero attached hydrogens (tertiary/aromatic N) is 1. The predicted octanol–water partition coefficient (Wildman–Crippen LogP) is 2.76. The molecule has 25 heavy (non-hydrogen) atoms. The Morgan fingerprint density at radius 3 is 2.72 bits per heavy atom. The van der Waals surface area contributed by atoms with Crippen molar-refractivity contribution in [1.29, 1.82) is 0 Å². The van der Waals surface area contributed by atoms with Gasteiger partial charge in [0.05, 0.1) is 7.11 Å². The molecule has 1 aliphatic heterocycles. The number of nitrogens with one attached hydrogen (secondary N) is 2. The zero-order valence-electron chi connectivity index (χ0n) is 13.7. The maximum absolute atomic E-state index is 13.0. The van der Waals surface area contributed by atoms with Crippen molar-refractivity contribution in [2.45, 2.75) is 12.5 Å². The number of anilines is 2. The van der Waals surface area contributed by atoms with Gasteiger partial charge in [-0.05, 0) is 42.8 Å². The summed E-state index contributed by atoms with van der Waals surface area (Å²) in [5.74, 6) is 0.0485. The van der Waals surface area contributed by atoms with E-state index in [1.54, 1.807) is 43.5 Å². The fourth-order valence-corrected chi connectivity index (χ4v) is 2.72. The third kappa shape index (κ3) is 3.88. The molecule has 1 saturated heterocycles. The van der Waals surface area contributed by atoms with Crippen molar-refractivity contribution < 1.29 is 18.7 Å². The summed E-state index contributed by atoms with van der Waals surface area (Å²) in [5, 5.41) is 5.35. The van der Waals surface area contributed by atoms with Crippen molar-refractivity contribution in [1.82, 2.24) is 5.32 Å². The van der Waals surface area contributed by atoms with Crippen molar-refractivity contribution in [2.75, 3.05) is 23.9 Å². The lowest BCUT2D eigenvalue weighted by Crippen LogP contribution is -2.43. The molecule has 0 aromatic heterocycles. The first-order chi connectivity index (χ1) is 12.1. The Labute approximate surface area is 144 Å². The highest BCUT2D eigenvalue weighted by atomic mass is 19.1. The molecule has 0 unspecified atom stereocenters. The van der Waals surface area contributed by atoms with Crippen LogP contribution in [0.1, 0.15) is 6.42 Å². The number of methoxy groups -OCH3 is 1. The highest BCUT2D eigenvalue weighted by Crippen LogP contribution is 2.22. The minimum atomic E-state index is -0.615. The normalized spacial score (nSPS) is 16.6. The number of urea groups is 1. The lowest BCUT2D eigenvalue weighted by atomic mass is 10.2. The molecule has 130 valence electrons. The number of carbonyl (C=O) groups is 2. The quantitative estimate of drug-likeness (QED) is 0.897. The van der Waals surface area contributed by atoms with Crippen LogP contribution in [0, 0.1) is 5.82 Å². The Hall–Kier alpha value is -3.09. The van der Waals surface area contributed by atoms with E-state index in [2.05, 4.69) is 10.6 Å². The molecule has 0 bridgehead atoms. The summed E-state index contributed by atoms with van der Waals surface area (Å²) in [6.07, 6.45) is 0.488. The van der Waals surface area contributed by atoms with Crippen LogP contribution < -0.4 is 20.3 Å². The van der Waals surface area contributed by atoms with E-state index in [9.17, 15) is 14.0 Å². The molecule has 0 spiro atoms. The average molecular weight is 343 g/mol. The van der Waals surface area contributed by atoms with Crippen LogP contribution in [0.5, 0.6) is 5.75 Å². The topological polar surface area (TPSA) is 70.7 Å². The van der Waals surface area contributed by atoms with E-state index >= 15 is 0 Å². The molecule has 1 atom stereocenters. The number of ether oxygens (including phenoxy) is 1. The van der Waals surface area contributed by atoms with Gasteiger partial charge in [-0.15, -0.1) is 0 Å².